The van der Waals surface area contributed by atoms with Gasteiger partial charge >= 0.3 is 0 Å². The maximum absolute atomic E-state index is 12.6. The summed E-state index contributed by atoms with van der Waals surface area (Å²) in [7, 11) is 0. The first-order chi connectivity index (χ1) is 13.7. The van der Waals surface area contributed by atoms with Gasteiger partial charge in [0.25, 0.3) is 5.91 Å². The van der Waals surface area contributed by atoms with E-state index in [9.17, 15) is 4.79 Å². The molecule has 0 fully saturated rings. The third kappa shape index (κ3) is 4.14. The molecule has 0 saturated heterocycles. The van der Waals surface area contributed by atoms with Crippen molar-refractivity contribution in [3.8, 4) is 0 Å². The van der Waals surface area contributed by atoms with Crippen LogP contribution in [0.1, 0.15) is 23.4 Å². The standard InChI is InChI=1S/C21H21N5OS/c1-16-22-23-21(25(16)14-17-8-4-2-5-9-17)28-15-20(27)26-13-12-19(24-26)18-10-6-3-7-11-18/h2-11H,12-15H2,1H3. The van der Waals surface area contributed by atoms with E-state index in [1.807, 2.05) is 60.0 Å². The van der Waals surface area contributed by atoms with Crippen LogP contribution in [0.15, 0.2) is 70.9 Å². The molecule has 0 atom stereocenters. The summed E-state index contributed by atoms with van der Waals surface area (Å²) in [6, 6.07) is 20.2. The maximum Gasteiger partial charge on any atom is 0.253 e. The highest BCUT2D eigenvalue weighted by molar-refractivity contribution is 7.99. The normalized spacial score (nSPS) is 13.6. The van der Waals surface area contributed by atoms with Crippen molar-refractivity contribution in [2.75, 3.05) is 12.3 Å². The lowest BCUT2D eigenvalue weighted by atomic mass is 10.1. The Labute approximate surface area is 168 Å². The lowest BCUT2D eigenvalue weighted by Crippen LogP contribution is -2.25. The van der Waals surface area contributed by atoms with Crippen molar-refractivity contribution in [1.82, 2.24) is 19.8 Å². The molecular weight excluding hydrogens is 370 g/mol. The fraction of sp³-hybridized carbons (Fsp3) is 0.238. The molecule has 1 aliphatic heterocycles. The fourth-order valence-electron chi connectivity index (χ4n) is 3.09. The molecule has 4 rings (SSSR count). The number of benzene rings is 2. The van der Waals surface area contributed by atoms with Gasteiger partial charge in [-0.3, -0.25) is 4.79 Å². The average molecular weight is 392 g/mol. The highest BCUT2D eigenvalue weighted by Crippen LogP contribution is 2.21. The molecule has 1 aliphatic rings. The van der Waals surface area contributed by atoms with Crippen molar-refractivity contribution in [3.63, 3.8) is 0 Å². The summed E-state index contributed by atoms with van der Waals surface area (Å²) >= 11 is 1.41. The molecule has 28 heavy (non-hydrogen) atoms. The van der Waals surface area contributed by atoms with E-state index < -0.39 is 0 Å². The molecule has 0 radical (unpaired) electrons. The summed E-state index contributed by atoms with van der Waals surface area (Å²) in [4.78, 5) is 12.6. The second kappa shape index (κ2) is 8.39. The Bertz CT molecular complexity index is 985. The minimum atomic E-state index is -0.0113. The number of carbonyl (C=O) groups is 1. The van der Waals surface area contributed by atoms with Crippen LogP contribution in [0.3, 0.4) is 0 Å². The van der Waals surface area contributed by atoms with Crippen molar-refractivity contribution in [3.05, 3.63) is 77.6 Å². The quantitative estimate of drug-likeness (QED) is 0.605. The van der Waals surface area contributed by atoms with E-state index in [-0.39, 0.29) is 5.91 Å². The summed E-state index contributed by atoms with van der Waals surface area (Å²) in [6.07, 6.45) is 0.781. The number of rotatable bonds is 6. The summed E-state index contributed by atoms with van der Waals surface area (Å²) in [6.45, 7) is 3.24. The Morgan fingerprint density at radius 2 is 1.75 bits per heavy atom. The lowest BCUT2D eigenvalue weighted by Gasteiger charge is -2.12. The Morgan fingerprint density at radius 1 is 1.04 bits per heavy atom. The van der Waals surface area contributed by atoms with Crippen LogP contribution in [0.25, 0.3) is 0 Å². The zero-order valence-electron chi connectivity index (χ0n) is 15.7. The number of carbonyl (C=O) groups excluding carboxylic acids is 1. The predicted octanol–water partition coefficient (Wildman–Crippen LogP) is 3.36. The van der Waals surface area contributed by atoms with E-state index in [1.54, 1.807) is 5.01 Å². The number of hydrazone groups is 1. The zero-order chi connectivity index (χ0) is 19.3. The van der Waals surface area contributed by atoms with E-state index in [4.69, 9.17) is 0 Å². The molecule has 0 spiro atoms. The van der Waals surface area contributed by atoms with Crippen molar-refractivity contribution < 1.29 is 4.79 Å². The molecule has 0 bridgehead atoms. The highest BCUT2D eigenvalue weighted by atomic mass is 32.2. The third-order valence-electron chi connectivity index (χ3n) is 4.61. The molecule has 0 unspecified atom stereocenters. The molecule has 1 amide bonds. The van der Waals surface area contributed by atoms with Crippen LogP contribution in [0.4, 0.5) is 0 Å². The first-order valence-electron chi connectivity index (χ1n) is 9.20. The number of thioether (sulfide) groups is 1. The molecular formula is C21H21N5OS. The molecule has 0 aliphatic carbocycles. The van der Waals surface area contributed by atoms with Gasteiger partial charge in [-0.25, -0.2) is 5.01 Å². The predicted molar refractivity (Wildman–Crippen MR) is 110 cm³/mol. The number of amides is 1. The average Bonchev–Trinajstić information content (AvgIpc) is 3.36. The summed E-state index contributed by atoms with van der Waals surface area (Å²) in [5.41, 5.74) is 3.21. The van der Waals surface area contributed by atoms with Crippen LogP contribution in [0.5, 0.6) is 0 Å². The van der Waals surface area contributed by atoms with Gasteiger partial charge in [-0.1, -0.05) is 72.4 Å². The third-order valence-corrected chi connectivity index (χ3v) is 5.56. The summed E-state index contributed by atoms with van der Waals surface area (Å²) in [5.74, 6) is 1.12. The van der Waals surface area contributed by atoms with Gasteiger partial charge in [0.2, 0.25) is 0 Å². The second-order valence-electron chi connectivity index (χ2n) is 6.57. The maximum atomic E-state index is 12.6. The van der Waals surface area contributed by atoms with Gasteiger partial charge in [0.05, 0.1) is 24.6 Å². The topological polar surface area (TPSA) is 63.4 Å². The summed E-state index contributed by atoms with van der Waals surface area (Å²) in [5, 5.41) is 15.3. The van der Waals surface area contributed by atoms with E-state index in [1.165, 1.54) is 17.3 Å². The van der Waals surface area contributed by atoms with Crippen molar-refractivity contribution >= 4 is 23.4 Å². The van der Waals surface area contributed by atoms with Crippen LogP contribution >= 0.6 is 11.8 Å². The molecule has 0 N–H and O–H groups in total. The number of hydrogen-bond donors (Lipinski definition) is 0. The monoisotopic (exact) mass is 391 g/mol. The van der Waals surface area contributed by atoms with E-state index in [0.29, 0.717) is 18.8 Å². The SMILES string of the molecule is Cc1nnc(SCC(=O)N2CCC(c3ccccc3)=N2)n1Cc1ccccc1. The Hall–Kier alpha value is -2.93. The van der Waals surface area contributed by atoms with Gasteiger partial charge in [-0.2, -0.15) is 5.10 Å². The van der Waals surface area contributed by atoms with Crippen molar-refractivity contribution in [2.24, 2.45) is 5.10 Å². The van der Waals surface area contributed by atoms with Crippen LogP contribution in [-0.2, 0) is 11.3 Å². The largest absolute Gasteiger partial charge is 0.302 e. The first kappa shape index (κ1) is 18.4. The smallest absolute Gasteiger partial charge is 0.253 e. The summed E-state index contributed by atoms with van der Waals surface area (Å²) < 4.78 is 2.04. The Balaban J connectivity index is 1.40. The number of aryl methyl sites for hydroxylation is 1. The van der Waals surface area contributed by atoms with Gasteiger partial charge in [0.15, 0.2) is 5.16 Å². The van der Waals surface area contributed by atoms with Gasteiger partial charge in [-0.05, 0) is 18.1 Å². The van der Waals surface area contributed by atoms with Gasteiger partial charge in [0.1, 0.15) is 5.82 Å². The number of aromatic nitrogens is 3. The van der Waals surface area contributed by atoms with Crippen LogP contribution in [0.2, 0.25) is 0 Å². The lowest BCUT2D eigenvalue weighted by molar-refractivity contribution is -0.127. The highest BCUT2D eigenvalue weighted by Gasteiger charge is 2.22. The van der Waals surface area contributed by atoms with Crippen LogP contribution < -0.4 is 0 Å². The van der Waals surface area contributed by atoms with Gasteiger partial charge < -0.3 is 4.57 Å². The minimum Gasteiger partial charge on any atom is -0.302 e. The number of hydrogen-bond acceptors (Lipinski definition) is 5. The molecule has 1 aromatic heterocycles. The molecule has 2 heterocycles. The molecule has 3 aromatic rings. The Kier molecular flexibility index (Phi) is 5.53. The van der Waals surface area contributed by atoms with Crippen molar-refractivity contribution in [2.45, 2.75) is 25.0 Å². The van der Waals surface area contributed by atoms with Gasteiger partial charge in [0, 0.05) is 6.42 Å². The van der Waals surface area contributed by atoms with E-state index in [0.717, 1.165) is 28.7 Å². The van der Waals surface area contributed by atoms with Crippen LogP contribution in [-0.4, -0.2) is 43.7 Å². The van der Waals surface area contributed by atoms with Crippen LogP contribution in [0, 0.1) is 6.92 Å². The Morgan fingerprint density at radius 3 is 2.50 bits per heavy atom. The molecule has 0 saturated carbocycles. The molecule has 142 valence electrons. The zero-order valence-corrected chi connectivity index (χ0v) is 16.5. The fourth-order valence-corrected chi connectivity index (χ4v) is 3.94. The van der Waals surface area contributed by atoms with E-state index >= 15 is 0 Å². The minimum absolute atomic E-state index is 0.0113. The first-order valence-corrected chi connectivity index (χ1v) is 10.2. The second-order valence-corrected chi connectivity index (χ2v) is 7.51. The molecule has 2 aromatic carbocycles. The molecule has 6 nitrogen and oxygen atoms in total. The molecule has 7 heteroatoms. The van der Waals surface area contributed by atoms with E-state index in [2.05, 4.69) is 27.4 Å². The number of nitrogens with zero attached hydrogens (tertiary/aromatic N) is 5. The van der Waals surface area contributed by atoms with Gasteiger partial charge in [-0.15, -0.1) is 10.2 Å². The van der Waals surface area contributed by atoms with Crippen molar-refractivity contribution in [1.29, 1.82) is 0 Å².